The molecule has 4 heterocycles. The van der Waals surface area contributed by atoms with E-state index in [4.69, 9.17) is 9.84 Å². The fraction of sp³-hybridized carbons (Fsp3) is 0.500. The maximum atomic E-state index is 12.2. The lowest BCUT2D eigenvalue weighted by Crippen LogP contribution is -2.39. The van der Waals surface area contributed by atoms with Gasteiger partial charge < -0.3 is 14.7 Å². The van der Waals surface area contributed by atoms with Gasteiger partial charge in [0.2, 0.25) is 16.0 Å². The minimum Gasteiger partial charge on any atom is -0.467 e. The van der Waals surface area contributed by atoms with E-state index in [0.717, 1.165) is 66.1 Å². The highest BCUT2D eigenvalue weighted by molar-refractivity contribution is 7.89. The zero-order valence-corrected chi connectivity index (χ0v) is 22.7. The Kier molecular flexibility index (Phi) is 8.04. The van der Waals surface area contributed by atoms with Crippen LogP contribution in [-0.4, -0.2) is 77.4 Å². The molecule has 0 aliphatic carbocycles. The van der Waals surface area contributed by atoms with Crippen LogP contribution in [0.25, 0.3) is 15.8 Å². The second-order valence-corrected chi connectivity index (χ2v) is 12.6. The molecule has 2 aromatic heterocycles. The maximum absolute atomic E-state index is 12.2. The van der Waals surface area contributed by atoms with Crippen LogP contribution in [0.4, 0.5) is 5.95 Å². The van der Waals surface area contributed by atoms with Crippen LogP contribution >= 0.6 is 11.3 Å². The van der Waals surface area contributed by atoms with Gasteiger partial charge >= 0.3 is 0 Å². The number of thiazole rings is 1. The number of aromatic nitrogens is 3. The smallest absolute Gasteiger partial charge is 0.274 e. The number of nitrogens with zero attached hydrogens (tertiary/aromatic N) is 5. The van der Waals surface area contributed by atoms with Gasteiger partial charge in [0.25, 0.3) is 5.19 Å². The molecule has 9 nitrogen and oxygen atoms in total. The van der Waals surface area contributed by atoms with Gasteiger partial charge in [0.05, 0.1) is 22.6 Å². The summed E-state index contributed by atoms with van der Waals surface area (Å²) in [7, 11) is -3.40. The van der Waals surface area contributed by atoms with Crippen molar-refractivity contribution in [2.45, 2.75) is 45.1 Å². The Bertz CT molecular complexity index is 1350. The lowest BCUT2D eigenvalue weighted by Gasteiger charge is -2.31. The van der Waals surface area contributed by atoms with Crippen molar-refractivity contribution < 1.29 is 18.3 Å². The number of aliphatic hydroxyl groups excluding tert-OH is 1. The lowest BCUT2D eigenvalue weighted by molar-refractivity contribution is 0.170. The Morgan fingerprint density at radius 2 is 1.95 bits per heavy atom. The first-order chi connectivity index (χ1) is 17.9. The van der Waals surface area contributed by atoms with Gasteiger partial charge in [0.15, 0.2) is 0 Å². The summed E-state index contributed by atoms with van der Waals surface area (Å²) in [6.45, 7) is 4.26. The number of aliphatic hydroxyl groups is 1. The summed E-state index contributed by atoms with van der Waals surface area (Å²) in [5, 5.41) is 9.69. The molecule has 0 saturated carbocycles. The number of fused-ring (bicyclic) bond motifs is 1. The number of anilines is 1. The first-order valence-corrected chi connectivity index (χ1v) is 15.3. The molecule has 1 fully saturated rings. The van der Waals surface area contributed by atoms with Crippen molar-refractivity contribution in [3.05, 3.63) is 47.8 Å². The Morgan fingerprint density at radius 1 is 1.16 bits per heavy atom. The fourth-order valence-corrected chi connectivity index (χ4v) is 6.89. The molecule has 37 heavy (non-hydrogen) atoms. The highest BCUT2D eigenvalue weighted by atomic mass is 32.2. The first-order valence-electron chi connectivity index (χ1n) is 12.9. The SMILES string of the molecule is CCCc1cnc(N2CCC(Oc3nc4ccc(C5=CCN(S(=O)(=O)CCO)CC5)cc4s3)CC2)nc1. The predicted molar refractivity (Wildman–Crippen MR) is 147 cm³/mol. The van der Waals surface area contributed by atoms with Crippen LogP contribution in [0.15, 0.2) is 36.7 Å². The van der Waals surface area contributed by atoms with Crippen LogP contribution < -0.4 is 9.64 Å². The molecule has 1 N–H and O–H groups in total. The van der Waals surface area contributed by atoms with Crippen LogP contribution in [0.3, 0.4) is 0 Å². The van der Waals surface area contributed by atoms with Crippen molar-refractivity contribution in [1.82, 2.24) is 19.3 Å². The van der Waals surface area contributed by atoms with E-state index in [1.54, 1.807) is 11.3 Å². The van der Waals surface area contributed by atoms with Crippen LogP contribution in [0.5, 0.6) is 5.19 Å². The fourth-order valence-electron chi connectivity index (χ4n) is 4.81. The van der Waals surface area contributed by atoms with E-state index in [1.807, 2.05) is 30.6 Å². The van der Waals surface area contributed by atoms with E-state index in [9.17, 15) is 8.42 Å². The molecule has 1 aromatic carbocycles. The Balaban J connectivity index is 1.19. The molecular weight excluding hydrogens is 510 g/mol. The number of benzene rings is 1. The Hall–Kier alpha value is -2.60. The number of hydrogen-bond acceptors (Lipinski definition) is 9. The molecule has 1 saturated heterocycles. The molecule has 198 valence electrons. The number of sulfonamides is 1. The van der Waals surface area contributed by atoms with Gasteiger partial charge in [-0.15, -0.1) is 0 Å². The Labute approximate surface area is 221 Å². The van der Waals surface area contributed by atoms with E-state index in [-0.39, 0.29) is 18.5 Å². The highest BCUT2D eigenvalue weighted by Crippen LogP contribution is 2.33. The average molecular weight is 544 g/mol. The average Bonchev–Trinajstić information content (AvgIpc) is 3.31. The first kappa shape index (κ1) is 26.0. The monoisotopic (exact) mass is 543 g/mol. The minimum absolute atomic E-state index is 0.114. The van der Waals surface area contributed by atoms with Crippen LogP contribution in [0.2, 0.25) is 0 Å². The van der Waals surface area contributed by atoms with Crippen molar-refractivity contribution in [2.75, 3.05) is 43.4 Å². The zero-order chi connectivity index (χ0) is 25.8. The predicted octanol–water partition coefficient (Wildman–Crippen LogP) is 3.50. The topological polar surface area (TPSA) is 109 Å². The minimum atomic E-state index is -3.40. The summed E-state index contributed by atoms with van der Waals surface area (Å²) in [6.07, 6.45) is 10.5. The summed E-state index contributed by atoms with van der Waals surface area (Å²) in [5.41, 5.74) is 4.30. The van der Waals surface area contributed by atoms with Gasteiger partial charge in [-0.3, -0.25) is 0 Å². The quantitative estimate of drug-likeness (QED) is 0.437. The highest BCUT2D eigenvalue weighted by Gasteiger charge is 2.25. The summed E-state index contributed by atoms with van der Waals surface area (Å²) in [4.78, 5) is 16.0. The van der Waals surface area contributed by atoms with E-state index in [1.165, 1.54) is 9.87 Å². The molecular formula is C26H33N5O4S2. The third-order valence-corrected chi connectivity index (χ3v) is 9.60. The van der Waals surface area contributed by atoms with Crippen molar-refractivity contribution in [1.29, 1.82) is 0 Å². The molecule has 0 unspecified atom stereocenters. The van der Waals surface area contributed by atoms with Gasteiger partial charge in [0.1, 0.15) is 6.10 Å². The van der Waals surface area contributed by atoms with Gasteiger partial charge in [-0.2, -0.15) is 4.31 Å². The second kappa shape index (κ2) is 11.4. The number of hydrogen-bond donors (Lipinski definition) is 1. The van der Waals surface area contributed by atoms with E-state index in [0.29, 0.717) is 24.7 Å². The third-order valence-electron chi connectivity index (χ3n) is 6.88. The maximum Gasteiger partial charge on any atom is 0.274 e. The number of aryl methyl sites for hydroxylation is 1. The molecule has 0 atom stereocenters. The summed E-state index contributed by atoms with van der Waals surface area (Å²) in [6, 6.07) is 6.16. The van der Waals surface area contributed by atoms with Gasteiger partial charge in [-0.1, -0.05) is 36.8 Å². The summed E-state index contributed by atoms with van der Waals surface area (Å²) >= 11 is 1.55. The number of ether oxygens (including phenoxy) is 1. The van der Waals surface area contributed by atoms with E-state index < -0.39 is 10.0 Å². The molecule has 0 radical (unpaired) electrons. The summed E-state index contributed by atoms with van der Waals surface area (Å²) in [5.74, 6) is 0.557. The van der Waals surface area contributed by atoms with Gasteiger partial charge in [-0.25, -0.2) is 23.4 Å². The standard InChI is InChI=1S/C26H33N5O4S2/c1-2-3-19-17-27-25(28-18-19)30-10-8-22(9-11-30)35-26-29-23-5-4-21(16-24(23)36-26)20-6-12-31(13-7-20)37(33,34)15-14-32/h4-6,16-18,22,32H,2-3,7-15H2,1H3. The van der Waals surface area contributed by atoms with E-state index >= 15 is 0 Å². The molecule has 0 spiro atoms. The largest absolute Gasteiger partial charge is 0.467 e. The molecule has 0 amide bonds. The molecule has 3 aromatic rings. The molecule has 0 bridgehead atoms. The molecule has 2 aliphatic heterocycles. The summed E-state index contributed by atoms with van der Waals surface area (Å²) < 4.78 is 33.2. The molecule has 5 rings (SSSR count). The number of rotatable bonds is 9. The van der Waals surface area contributed by atoms with Crippen LogP contribution in [0.1, 0.15) is 43.7 Å². The van der Waals surface area contributed by atoms with Crippen LogP contribution in [-0.2, 0) is 16.4 Å². The van der Waals surface area contributed by atoms with Crippen molar-refractivity contribution in [3.8, 4) is 5.19 Å². The van der Waals surface area contributed by atoms with E-state index in [2.05, 4.69) is 32.8 Å². The van der Waals surface area contributed by atoms with Crippen molar-refractivity contribution >= 4 is 43.1 Å². The van der Waals surface area contributed by atoms with Gasteiger partial charge in [0, 0.05) is 51.4 Å². The second-order valence-electron chi connectivity index (χ2n) is 9.48. The van der Waals surface area contributed by atoms with Gasteiger partial charge in [-0.05, 0) is 41.7 Å². The molecule has 2 aliphatic rings. The third kappa shape index (κ3) is 6.11. The Morgan fingerprint density at radius 3 is 2.62 bits per heavy atom. The lowest BCUT2D eigenvalue weighted by atomic mass is 10.0. The normalized spacial score (nSPS) is 17.8. The zero-order valence-electron chi connectivity index (χ0n) is 21.0. The number of piperidine rings is 1. The van der Waals surface area contributed by atoms with Crippen LogP contribution in [0, 0.1) is 0 Å². The van der Waals surface area contributed by atoms with Crippen molar-refractivity contribution in [3.63, 3.8) is 0 Å². The molecule has 11 heteroatoms. The van der Waals surface area contributed by atoms with Crippen molar-refractivity contribution in [2.24, 2.45) is 0 Å².